The van der Waals surface area contributed by atoms with Crippen LogP contribution in [0.5, 0.6) is 0 Å². The van der Waals surface area contributed by atoms with Crippen molar-refractivity contribution in [1.82, 2.24) is 9.62 Å². The van der Waals surface area contributed by atoms with Crippen molar-refractivity contribution in [1.29, 1.82) is 0 Å². The highest BCUT2D eigenvalue weighted by atomic mass is 32.2. The molecule has 0 saturated heterocycles. The predicted octanol–water partition coefficient (Wildman–Crippen LogP) is 0.334. The molecular formula is C12H19N3O3S. The number of nitrogens with two attached hydrogens (primary N) is 1. The average molecular weight is 285 g/mol. The first kappa shape index (κ1) is 15.5. The lowest BCUT2D eigenvalue weighted by Crippen LogP contribution is -2.38. The van der Waals surface area contributed by atoms with Gasteiger partial charge in [0.05, 0.1) is 11.4 Å². The number of sulfonamides is 1. The van der Waals surface area contributed by atoms with Crippen LogP contribution in [0.3, 0.4) is 0 Å². The first-order chi connectivity index (χ1) is 8.79. The van der Waals surface area contributed by atoms with E-state index < -0.39 is 10.0 Å². The van der Waals surface area contributed by atoms with Crippen molar-refractivity contribution in [3.05, 3.63) is 23.8 Å². The van der Waals surface area contributed by atoms with Crippen molar-refractivity contribution in [3.63, 3.8) is 0 Å². The van der Waals surface area contributed by atoms with E-state index >= 15 is 0 Å². The molecule has 7 heteroatoms. The predicted molar refractivity (Wildman–Crippen MR) is 74.1 cm³/mol. The minimum Gasteiger partial charge on any atom is -0.398 e. The fourth-order valence-corrected chi connectivity index (χ4v) is 2.72. The maximum Gasteiger partial charge on any atom is 0.241 e. The Labute approximate surface area is 113 Å². The van der Waals surface area contributed by atoms with Crippen molar-refractivity contribution in [2.24, 2.45) is 0 Å². The molecule has 0 heterocycles. The van der Waals surface area contributed by atoms with Gasteiger partial charge in [-0.05, 0) is 31.5 Å². The molecule has 0 unspecified atom stereocenters. The SMILES string of the molecule is CCN(C)C(=O)CNS(=O)(=O)c1cccc(N)c1C. The highest BCUT2D eigenvalue weighted by Gasteiger charge is 2.19. The van der Waals surface area contributed by atoms with Gasteiger partial charge in [-0.25, -0.2) is 13.1 Å². The number of hydrogen-bond acceptors (Lipinski definition) is 4. The van der Waals surface area contributed by atoms with E-state index in [0.717, 1.165) is 0 Å². The van der Waals surface area contributed by atoms with E-state index in [1.807, 2.05) is 6.92 Å². The Bertz CT molecular complexity index is 570. The summed E-state index contributed by atoms with van der Waals surface area (Å²) < 4.78 is 26.5. The molecule has 0 aromatic heterocycles. The van der Waals surface area contributed by atoms with Crippen LogP contribution < -0.4 is 10.5 Å². The number of hydrogen-bond donors (Lipinski definition) is 2. The summed E-state index contributed by atoms with van der Waals surface area (Å²) >= 11 is 0. The number of nitrogens with one attached hydrogen (secondary N) is 1. The second-order valence-corrected chi connectivity index (χ2v) is 5.94. The molecule has 1 aromatic rings. The Balaban J connectivity index is 2.88. The van der Waals surface area contributed by atoms with Gasteiger partial charge in [0.1, 0.15) is 0 Å². The van der Waals surface area contributed by atoms with Crippen LogP contribution in [0, 0.1) is 6.92 Å². The molecule has 6 nitrogen and oxygen atoms in total. The van der Waals surface area contributed by atoms with Gasteiger partial charge < -0.3 is 10.6 Å². The molecule has 0 spiro atoms. The summed E-state index contributed by atoms with van der Waals surface area (Å²) in [6, 6.07) is 4.66. The molecule has 0 atom stereocenters. The smallest absolute Gasteiger partial charge is 0.241 e. The summed E-state index contributed by atoms with van der Waals surface area (Å²) in [5.74, 6) is -0.285. The lowest BCUT2D eigenvalue weighted by Gasteiger charge is -2.15. The van der Waals surface area contributed by atoms with Gasteiger partial charge in [-0.3, -0.25) is 4.79 Å². The monoisotopic (exact) mass is 285 g/mol. The zero-order valence-electron chi connectivity index (χ0n) is 11.3. The lowest BCUT2D eigenvalue weighted by molar-refractivity contribution is -0.128. The third-order valence-corrected chi connectivity index (χ3v) is 4.47. The van der Waals surface area contributed by atoms with Crippen LogP contribution in [0.1, 0.15) is 12.5 Å². The summed E-state index contributed by atoms with van der Waals surface area (Å²) in [6.07, 6.45) is 0. The van der Waals surface area contributed by atoms with E-state index in [1.165, 1.54) is 11.0 Å². The highest BCUT2D eigenvalue weighted by Crippen LogP contribution is 2.19. The van der Waals surface area contributed by atoms with Crippen LogP contribution in [-0.4, -0.2) is 39.4 Å². The number of nitrogen functional groups attached to an aromatic ring is 1. The topological polar surface area (TPSA) is 92.5 Å². The van der Waals surface area contributed by atoms with Crippen molar-refractivity contribution < 1.29 is 13.2 Å². The number of benzene rings is 1. The second-order valence-electron chi connectivity index (χ2n) is 4.20. The summed E-state index contributed by atoms with van der Waals surface area (Å²) in [5, 5.41) is 0. The van der Waals surface area contributed by atoms with Gasteiger partial charge in [-0.1, -0.05) is 6.07 Å². The Morgan fingerprint density at radius 3 is 2.63 bits per heavy atom. The van der Waals surface area contributed by atoms with Crippen LogP contribution in [0.2, 0.25) is 0 Å². The largest absolute Gasteiger partial charge is 0.398 e. The van der Waals surface area contributed by atoms with E-state index in [4.69, 9.17) is 5.73 Å². The molecule has 19 heavy (non-hydrogen) atoms. The Morgan fingerprint density at radius 1 is 1.42 bits per heavy atom. The van der Waals surface area contributed by atoms with Gasteiger partial charge in [-0.15, -0.1) is 0 Å². The number of anilines is 1. The minimum absolute atomic E-state index is 0.0967. The number of likely N-dealkylation sites (N-methyl/N-ethyl adjacent to an activating group) is 1. The summed E-state index contributed by atoms with van der Waals surface area (Å²) in [6.45, 7) is 3.71. The van der Waals surface area contributed by atoms with Crippen molar-refractivity contribution in [2.75, 3.05) is 25.9 Å². The van der Waals surface area contributed by atoms with Gasteiger partial charge in [0.15, 0.2) is 0 Å². The Kier molecular flexibility index (Phi) is 4.90. The molecule has 1 aromatic carbocycles. The molecule has 0 fully saturated rings. The van der Waals surface area contributed by atoms with Gasteiger partial charge in [0.25, 0.3) is 0 Å². The lowest BCUT2D eigenvalue weighted by atomic mass is 10.2. The van der Waals surface area contributed by atoms with Crippen molar-refractivity contribution in [3.8, 4) is 0 Å². The molecule has 0 saturated carbocycles. The zero-order chi connectivity index (χ0) is 14.6. The van der Waals surface area contributed by atoms with Gasteiger partial charge in [0.2, 0.25) is 15.9 Å². The quantitative estimate of drug-likeness (QED) is 0.763. The number of nitrogens with zero attached hydrogens (tertiary/aromatic N) is 1. The fourth-order valence-electron chi connectivity index (χ4n) is 1.47. The number of amides is 1. The number of carbonyl (C=O) groups is 1. The third kappa shape index (κ3) is 3.68. The van der Waals surface area contributed by atoms with E-state index in [2.05, 4.69) is 4.72 Å². The average Bonchev–Trinajstić information content (AvgIpc) is 2.38. The van der Waals surface area contributed by atoms with Crippen LogP contribution in [0.15, 0.2) is 23.1 Å². The molecule has 0 aliphatic heterocycles. The molecule has 106 valence electrons. The normalized spacial score (nSPS) is 11.3. The number of carbonyl (C=O) groups excluding carboxylic acids is 1. The van der Waals surface area contributed by atoms with Gasteiger partial charge in [0, 0.05) is 19.3 Å². The van der Waals surface area contributed by atoms with Crippen LogP contribution in [0.4, 0.5) is 5.69 Å². The summed E-state index contributed by atoms with van der Waals surface area (Å²) in [4.78, 5) is 13.1. The molecule has 0 aliphatic rings. The van der Waals surface area contributed by atoms with E-state index in [9.17, 15) is 13.2 Å². The molecule has 1 rings (SSSR count). The third-order valence-electron chi connectivity index (χ3n) is 2.93. The molecule has 0 aliphatic carbocycles. The first-order valence-electron chi connectivity index (χ1n) is 5.88. The summed E-state index contributed by atoms with van der Waals surface area (Å²) in [5.41, 5.74) is 6.56. The van der Waals surface area contributed by atoms with Crippen LogP contribution >= 0.6 is 0 Å². The second kappa shape index (κ2) is 6.03. The highest BCUT2D eigenvalue weighted by molar-refractivity contribution is 7.89. The number of rotatable bonds is 5. The van der Waals surface area contributed by atoms with Gasteiger partial charge >= 0.3 is 0 Å². The molecular weight excluding hydrogens is 266 g/mol. The van der Waals surface area contributed by atoms with E-state index in [1.54, 1.807) is 26.1 Å². The van der Waals surface area contributed by atoms with E-state index in [-0.39, 0.29) is 17.3 Å². The van der Waals surface area contributed by atoms with Crippen LogP contribution in [-0.2, 0) is 14.8 Å². The fraction of sp³-hybridized carbons (Fsp3) is 0.417. The summed E-state index contributed by atoms with van der Waals surface area (Å²) in [7, 11) is -2.11. The minimum atomic E-state index is -3.73. The molecule has 0 bridgehead atoms. The van der Waals surface area contributed by atoms with Crippen molar-refractivity contribution >= 4 is 21.6 Å². The standard InChI is InChI=1S/C12H19N3O3S/c1-4-15(3)12(16)8-14-19(17,18)11-7-5-6-10(13)9(11)2/h5-7,14H,4,8,13H2,1-3H3. The van der Waals surface area contributed by atoms with Gasteiger partial charge in [-0.2, -0.15) is 0 Å². The Hall–Kier alpha value is -1.60. The molecule has 0 radical (unpaired) electrons. The maximum atomic E-state index is 12.1. The first-order valence-corrected chi connectivity index (χ1v) is 7.36. The van der Waals surface area contributed by atoms with Crippen molar-refractivity contribution in [2.45, 2.75) is 18.7 Å². The maximum absolute atomic E-state index is 12.1. The Morgan fingerprint density at radius 2 is 2.05 bits per heavy atom. The van der Waals surface area contributed by atoms with Crippen LogP contribution in [0.25, 0.3) is 0 Å². The molecule has 1 amide bonds. The molecule has 3 N–H and O–H groups in total. The zero-order valence-corrected chi connectivity index (χ0v) is 12.1. The van der Waals surface area contributed by atoms with E-state index in [0.29, 0.717) is 17.8 Å².